The molecule has 1 aromatic heterocycles. The second-order valence-electron chi connectivity index (χ2n) is 10.9. The zero-order chi connectivity index (χ0) is 25.0. The number of hydrogen-bond acceptors (Lipinski definition) is 6. The molecule has 1 aliphatic carbocycles. The predicted octanol–water partition coefficient (Wildman–Crippen LogP) is 5.01. The van der Waals surface area contributed by atoms with Crippen molar-refractivity contribution in [3.05, 3.63) is 52.2 Å². The van der Waals surface area contributed by atoms with Gasteiger partial charge < -0.3 is 19.1 Å². The number of carbonyl (C=O) groups excluding carboxylic acids is 1. The van der Waals surface area contributed by atoms with Gasteiger partial charge in [0.15, 0.2) is 11.7 Å². The van der Waals surface area contributed by atoms with Crippen molar-refractivity contribution in [3.8, 4) is 11.8 Å². The molecule has 4 aliphatic rings. The number of quaternary nitrogens is 1. The van der Waals surface area contributed by atoms with E-state index in [4.69, 9.17) is 14.7 Å². The minimum atomic E-state index is -1.53. The van der Waals surface area contributed by atoms with Gasteiger partial charge in [-0.05, 0) is 42.5 Å². The number of rotatable bonds is 9. The molecule has 0 radical (unpaired) electrons. The van der Waals surface area contributed by atoms with E-state index >= 15 is 0 Å². The molecule has 3 saturated heterocycles. The van der Waals surface area contributed by atoms with Gasteiger partial charge in [0.25, 0.3) is 0 Å². The fourth-order valence-corrected chi connectivity index (χ4v) is 7.52. The number of ether oxygens (including phenoxy) is 2. The van der Waals surface area contributed by atoms with Gasteiger partial charge in [0.05, 0.1) is 37.9 Å². The molecule has 6 nitrogen and oxygen atoms in total. The van der Waals surface area contributed by atoms with Crippen molar-refractivity contribution >= 4 is 17.3 Å². The van der Waals surface area contributed by atoms with Gasteiger partial charge in [-0.25, -0.2) is 4.79 Å². The van der Waals surface area contributed by atoms with E-state index in [-0.39, 0.29) is 12.0 Å². The van der Waals surface area contributed by atoms with Crippen LogP contribution < -0.4 is 4.74 Å². The predicted molar refractivity (Wildman–Crippen MR) is 138 cm³/mol. The molecule has 2 aromatic rings. The van der Waals surface area contributed by atoms with Crippen LogP contribution in [0.15, 0.2) is 41.8 Å². The number of nitriles is 1. The van der Waals surface area contributed by atoms with E-state index in [0.717, 1.165) is 86.2 Å². The Morgan fingerprint density at radius 2 is 1.94 bits per heavy atom. The summed E-state index contributed by atoms with van der Waals surface area (Å²) in [5.74, 6) is 0.611. The Bertz CT molecular complexity index is 1070. The molecule has 2 bridgehead atoms. The van der Waals surface area contributed by atoms with Gasteiger partial charge in [0.1, 0.15) is 12.3 Å². The van der Waals surface area contributed by atoms with Crippen LogP contribution in [-0.4, -0.2) is 54.4 Å². The fraction of sp³-hybridized carbons (Fsp3) is 0.586. The molecule has 1 unspecified atom stereocenters. The number of benzene rings is 1. The van der Waals surface area contributed by atoms with Crippen LogP contribution in [-0.2, 0) is 15.1 Å². The molecule has 192 valence electrons. The molecule has 2 atom stereocenters. The number of esters is 1. The second kappa shape index (κ2) is 10.9. The first-order valence-electron chi connectivity index (χ1n) is 13.5. The molecule has 3 aliphatic heterocycles. The Balaban J connectivity index is 1.21. The molecule has 1 N–H and O–H groups in total. The first-order chi connectivity index (χ1) is 17.5. The maximum Gasteiger partial charge on any atom is 0.344 e. The molecule has 0 amide bonds. The van der Waals surface area contributed by atoms with Crippen molar-refractivity contribution < 1.29 is 23.9 Å². The Labute approximate surface area is 218 Å². The van der Waals surface area contributed by atoms with Gasteiger partial charge in [0, 0.05) is 36.0 Å². The molecule has 6 rings (SSSR count). The molecule has 36 heavy (non-hydrogen) atoms. The van der Waals surface area contributed by atoms with E-state index in [0.29, 0.717) is 18.1 Å². The molecule has 4 heterocycles. The SMILES string of the molecule is N#Cc1cccc(OCCC[N+]23CCC(CC2)C(OC(=O)[C@](O)(c2cccs2)C2CCCCC2)C3)c1. The highest BCUT2D eigenvalue weighted by Crippen LogP contribution is 2.44. The average Bonchev–Trinajstić information content (AvgIpc) is 3.48. The lowest BCUT2D eigenvalue weighted by atomic mass is 9.75. The summed E-state index contributed by atoms with van der Waals surface area (Å²) >= 11 is 1.46. The van der Waals surface area contributed by atoms with Gasteiger partial charge in [-0.3, -0.25) is 0 Å². The number of hydrogen-bond donors (Lipinski definition) is 1. The van der Waals surface area contributed by atoms with Crippen molar-refractivity contribution in [2.24, 2.45) is 11.8 Å². The Morgan fingerprint density at radius 3 is 2.67 bits per heavy atom. The van der Waals surface area contributed by atoms with E-state index in [1.165, 1.54) is 17.8 Å². The normalized spacial score (nSPS) is 27.7. The second-order valence-corrected chi connectivity index (χ2v) is 11.8. The van der Waals surface area contributed by atoms with Gasteiger partial charge in [-0.2, -0.15) is 5.26 Å². The van der Waals surface area contributed by atoms with Crippen LogP contribution in [0.5, 0.6) is 5.75 Å². The smallest absolute Gasteiger partial charge is 0.344 e. The molecule has 1 saturated carbocycles. The summed E-state index contributed by atoms with van der Waals surface area (Å²) in [6.07, 6.45) is 7.91. The summed E-state index contributed by atoms with van der Waals surface area (Å²) in [6, 6.07) is 13.2. The minimum absolute atomic E-state index is 0.0710. The standard InChI is InChI=1S/C29H37N2O4S/c30-20-22-7-4-10-25(19-22)34-17-6-14-31-15-12-23(13-16-31)26(21-31)35-28(32)29(33,27-11-5-18-36-27)24-8-2-1-3-9-24/h4-5,7,10-11,18-19,23-24,26,33H,1-3,6,8-9,12-17,21H2/q+1/t23?,26?,29-,31?/m1/s1. The summed E-state index contributed by atoms with van der Waals surface area (Å²) in [4.78, 5) is 14.4. The Morgan fingerprint density at radius 1 is 1.14 bits per heavy atom. The van der Waals surface area contributed by atoms with Gasteiger partial charge >= 0.3 is 5.97 Å². The monoisotopic (exact) mass is 509 g/mol. The van der Waals surface area contributed by atoms with Crippen LogP contribution in [0.25, 0.3) is 0 Å². The molecule has 4 fully saturated rings. The summed E-state index contributed by atoms with van der Waals surface area (Å²) in [6.45, 7) is 4.63. The van der Waals surface area contributed by atoms with Crippen molar-refractivity contribution in [2.75, 3.05) is 32.8 Å². The third-order valence-electron chi connectivity index (χ3n) is 8.71. The lowest BCUT2D eigenvalue weighted by Crippen LogP contribution is -2.65. The minimum Gasteiger partial charge on any atom is -0.493 e. The Hall–Kier alpha value is -2.40. The lowest BCUT2D eigenvalue weighted by Gasteiger charge is -2.52. The van der Waals surface area contributed by atoms with Crippen molar-refractivity contribution in [2.45, 2.75) is 63.1 Å². The molecule has 0 spiro atoms. The molecule has 1 aromatic carbocycles. The maximum atomic E-state index is 13.7. The summed E-state index contributed by atoms with van der Waals surface area (Å²) < 4.78 is 13.1. The van der Waals surface area contributed by atoms with Crippen molar-refractivity contribution in [1.82, 2.24) is 0 Å². The highest BCUT2D eigenvalue weighted by molar-refractivity contribution is 7.10. The first-order valence-corrected chi connectivity index (χ1v) is 14.4. The highest BCUT2D eigenvalue weighted by Gasteiger charge is 2.52. The molecule has 7 heteroatoms. The topological polar surface area (TPSA) is 79.5 Å². The van der Waals surface area contributed by atoms with Crippen LogP contribution in [0.1, 0.15) is 61.8 Å². The third-order valence-corrected chi connectivity index (χ3v) is 9.71. The lowest BCUT2D eigenvalue weighted by molar-refractivity contribution is -0.946. The quantitative estimate of drug-likeness (QED) is 0.292. The number of fused-ring (bicyclic) bond motifs is 3. The van der Waals surface area contributed by atoms with Crippen LogP contribution >= 0.6 is 11.3 Å². The molecular formula is C29H37N2O4S+. The number of piperidine rings is 3. The van der Waals surface area contributed by atoms with Crippen LogP contribution in [0.3, 0.4) is 0 Å². The number of thiophene rings is 1. The van der Waals surface area contributed by atoms with Crippen LogP contribution in [0, 0.1) is 23.2 Å². The van der Waals surface area contributed by atoms with E-state index in [1.54, 1.807) is 12.1 Å². The van der Waals surface area contributed by atoms with E-state index in [1.807, 2.05) is 29.6 Å². The fourth-order valence-electron chi connectivity index (χ4n) is 6.63. The summed E-state index contributed by atoms with van der Waals surface area (Å²) in [7, 11) is 0. The van der Waals surface area contributed by atoms with E-state index < -0.39 is 11.6 Å². The number of aliphatic hydroxyl groups is 1. The summed E-state index contributed by atoms with van der Waals surface area (Å²) in [5, 5.41) is 22.9. The van der Waals surface area contributed by atoms with E-state index in [2.05, 4.69) is 6.07 Å². The highest BCUT2D eigenvalue weighted by atomic mass is 32.1. The largest absolute Gasteiger partial charge is 0.493 e. The van der Waals surface area contributed by atoms with Gasteiger partial charge in [0.2, 0.25) is 0 Å². The van der Waals surface area contributed by atoms with Gasteiger partial charge in [-0.15, -0.1) is 11.3 Å². The average molecular weight is 510 g/mol. The first kappa shape index (κ1) is 25.3. The van der Waals surface area contributed by atoms with Crippen molar-refractivity contribution in [3.63, 3.8) is 0 Å². The summed E-state index contributed by atoms with van der Waals surface area (Å²) in [5.41, 5.74) is -0.926. The van der Waals surface area contributed by atoms with Crippen LogP contribution in [0.4, 0.5) is 0 Å². The number of carbonyl (C=O) groups is 1. The van der Waals surface area contributed by atoms with E-state index in [9.17, 15) is 9.90 Å². The van der Waals surface area contributed by atoms with Crippen molar-refractivity contribution in [1.29, 1.82) is 5.26 Å². The van der Waals surface area contributed by atoms with Gasteiger partial charge in [-0.1, -0.05) is 31.4 Å². The third kappa shape index (κ3) is 5.18. The maximum absolute atomic E-state index is 13.7. The zero-order valence-electron chi connectivity index (χ0n) is 20.9. The Kier molecular flexibility index (Phi) is 7.66. The molecular weight excluding hydrogens is 472 g/mol. The zero-order valence-corrected chi connectivity index (χ0v) is 21.8. The number of nitrogens with zero attached hydrogens (tertiary/aromatic N) is 2. The van der Waals surface area contributed by atoms with Crippen LogP contribution in [0.2, 0.25) is 0 Å².